The summed E-state index contributed by atoms with van der Waals surface area (Å²) in [6, 6.07) is 22.1. The fraction of sp³-hybridized carbons (Fsp3) is 0.0769. The Morgan fingerprint density at radius 2 is 1.69 bits per heavy atom. The molecule has 0 aliphatic rings. The summed E-state index contributed by atoms with van der Waals surface area (Å²) in [5.41, 5.74) is 5.74. The first-order valence-electron chi connectivity index (χ1n) is 9.47. The maximum Gasteiger partial charge on any atom is 0.188 e. The number of hydrogen-bond donors (Lipinski definition) is 0. The second-order valence-corrected chi connectivity index (χ2v) is 7.08. The minimum absolute atomic E-state index is 0.152. The number of allylic oxidation sites excluding steroid dienone is 1. The van der Waals surface area contributed by atoms with Crippen LogP contribution in [0, 0.1) is 19.7 Å². The second-order valence-electron chi connectivity index (χ2n) is 7.08. The van der Waals surface area contributed by atoms with E-state index >= 15 is 0 Å². The number of aromatic nitrogens is 1. The Labute approximate surface area is 169 Å². The average molecular weight is 381 g/mol. The zero-order valence-corrected chi connectivity index (χ0v) is 16.3. The Morgan fingerprint density at radius 1 is 0.931 bits per heavy atom. The lowest BCUT2D eigenvalue weighted by atomic mass is 9.91. The Morgan fingerprint density at radius 3 is 2.45 bits per heavy atom. The summed E-state index contributed by atoms with van der Waals surface area (Å²) < 4.78 is 13.4. The van der Waals surface area contributed by atoms with Crippen LogP contribution in [0.25, 0.3) is 28.1 Å². The highest BCUT2D eigenvalue weighted by atomic mass is 19.1. The highest BCUT2D eigenvalue weighted by Gasteiger charge is 2.18. The number of ketones is 1. The summed E-state index contributed by atoms with van der Waals surface area (Å²) in [6.07, 6.45) is 3.13. The molecule has 0 fully saturated rings. The predicted molar refractivity (Wildman–Crippen MR) is 116 cm³/mol. The molecular formula is C26H20FNO. The highest BCUT2D eigenvalue weighted by molar-refractivity contribution is 6.16. The topological polar surface area (TPSA) is 30.0 Å². The quantitative estimate of drug-likeness (QED) is 0.296. The summed E-state index contributed by atoms with van der Waals surface area (Å²) in [6.45, 7) is 3.89. The van der Waals surface area contributed by atoms with E-state index in [-0.39, 0.29) is 11.6 Å². The Bertz CT molecular complexity index is 1240. The molecule has 0 radical (unpaired) electrons. The first-order chi connectivity index (χ1) is 14.0. The Hall–Kier alpha value is -3.59. The number of pyridine rings is 1. The van der Waals surface area contributed by atoms with Crippen molar-refractivity contribution >= 4 is 22.8 Å². The molecule has 4 rings (SSSR count). The van der Waals surface area contributed by atoms with Crippen LogP contribution in [0.15, 0.2) is 78.9 Å². The molecule has 1 aromatic heterocycles. The molecule has 0 unspecified atom stereocenters. The van der Waals surface area contributed by atoms with Crippen LogP contribution in [0.3, 0.4) is 0 Å². The summed E-state index contributed by atoms with van der Waals surface area (Å²) in [4.78, 5) is 17.9. The smallest absolute Gasteiger partial charge is 0.188 e. The monoisotopic (exact) mass is 381 g/mol. The average Bonchev–Trinajstić information content (AvgIpc) is 2.72. The lowest BCUT2D eigenvalue weighted by Crippen LogP contribution is -2.05. The van der Waals surface area contributed by atoms with Gasteiger partial charge >= 0.3 is 0 Å². The summed E-state index contributed by atoms with van der Waals surface area (Å²) in [5.74, 6) is -0.482. The van der Waals surface area contributed by atoms with E-state index in [2.05, 4.69) is 4.98 Å². The minimum atomic E-state index is -0.330. The molecule has 1 heterocycles. The van der Waals surface area contributed by atoms with Gasteiger partial charge in [-0.1, -0.05) is 66.2 Å². The summed E-state index contributed by atoms with van der Waals surface area (Å²) >= 11 is 0. The van der Waals surface area contributed by atoms with Crippen LogP contribution >= 0.6 is 0 Å². The number of aryl methyl sites for hydroxylation is 2. The number of carbonyl (C=O) groups excluding carboxylic acids is 1. The predicted octanol–water partition coefficient (Wildman–Crippen LogP) is 6.55. The number of para-hydroxylation sites is 1. The van der Waals surface area contributed by atoms with Crippen LogP contribution in [0.5, 0.6) is 0 Å². The third-order valence-corrected chi connectivity index (χ3v) is 4.94. The molecule has 0 aliphatic heterocycles. The lowest BCUT2D eigenvalue weighted by Gasteiger charge is -2.14. The number of halogens is 1. The molecule has 0 atom stereocenters. The van der Waals surface area contributed by atoms with Crippen molar-refractivity contribution in [3.8, 4) is 11.1 Å². The zero-order chi connectivity index (χ0) is 20.4. The number of nitrogens with zero attached hydrogens (tertiary/aromatic N) is 1. The van der Waals surface area contributed by atoms with E-state index in [4.69, 9.17) is 0 Å². The fourth-order valence-corrected chi connectivity index (χ4v) is 3.52. The molecular weight excluding hydrogens is 361 g/mol. The molecule has 0 aliphatic carbocycles. The van der Waals surface area contributed by atoms with E-state index in [1.807, 2.05) is 62.4 Å². The van der Waals surface area contributed by atoms with Crippen molar-refractivity contribution in [1.82, 2.24) is 4.98 Å². The molecule has 0 bridgehead atoms. The maximum atomic E-state index is 13.4. The van der Waals surface area contributed by atoms with E-state index in [1.54, 1.807) is 18.2 Å². The van der Waals surface area contributed by atoms with Gasteiger partial charge in [-0.05, 0) is 49.2 Å². The molecule has 3 heteroatoms. The number of fused-ring (bicyclic) bond motifs is 1. The van der Waals surface area contributed by atoms with Gasteiger partial charge in [0.2, 0.25) is 0 Å². The number of rotatable bonds is 4. The van der Waals surface area contributed by atoms with Gasteiger partial charge < -0.3 is 0 Å². The van der Waals surface area contributed by atoms with Crippen molar-refractivity contribution in [1.29, 1.82) is 0 Å². The number of carbonyl (C=O) groups is 1. The second kappa shape index (κ2) is 7.80. The molecule has 2 nitrogen and oxygen atoms in total. The lowest BCUT2D eigenvalue weighted by molar-refractivity contribution is 0.104. The minimum Gasteiger partial charge on any atom is -0.289 e. The maximum absolute atomic E-state index is 13.4. The third-order valence-electron chi connectivity index (χ3n) is 4.94. The van der Waals surface area contributed by atoms with Crippen molar-refractivity contribution in [3.05, 3.63) is 107 Å². The van der Waals surface area contributed by atoms with E-state index in [9.17, 15) is 9.18 Å². The van der Waals surface area contributed by atoms with Crippen molar-refractivity contribution in [2.45, 2.75) is 13.8 Å². The fourth-order valence-electron chi connectivity index (χ4n) is 3.52. The molecule has 0 saturated heterocycles. The van der Waals surface area contributed by atoms with Gasteiger partial charge in [0.05, 0.1) is 11.1 Å². The van der Waals surface area contributed by atoms with E-state index in [0.717, 1.165) is 27.6 Å². The van der Waals surface area contributed by atoms with Crippen LogP contribution in [0.1, 0.15) is 27.2 Å². The zero-order valence-electron chi connectivity index (χ0n) is 16.3. The number of hydrogen-bond acceptors (Lipinski definition) is 2. The van der Waals surface area contributed by atoms with Crippen LogP contribution in [0.2, 0.25) is 0 Å². The summed E-state index contributed by atoms with van der Waals surface area (Å²) in [5, 5.41) is 0.935. The molecule has 3 aromatic carbocycles. The van der Waals surface area contributed by atoms with Crippen molar-refractivity contribution in [2.75, 3.05) is 0 Å². The van der Waals surface area contributed by atoms with Crippen molar-refractivity contribution in [3.63, 3.8) is 0 Å². The molecule has 0 saturated carbocycles. The number of benzene rings is 3. The molecule has 4 aromatic rings. The van der Waals surface area contributed by atoms with Gasteiger partial charge in [-0.25, -0.2) is 4.39 Å². The normalized spacial score (nSPS) is 11.3. The van der Waals surface area contributed by atoms with E-state index in [1.165, 1.54) is 18.2 Å². The first kappa shape index (κ1) is 18.8. The van der Waals surface area contributed by atoms with Gasteiger partial charge in [-0.15, -0.1) is 0 Å². The Kier molecular flexibility index (Phi) is 5.05. The third kappa shape index (κ3) is 3.85. The van der Waals surface area contributed by atoms with Crippen molar-refractivity contribution < 1.29 is 9.18 Å². The highest BCUT2D eigenvalue weighted by Crippen LogP contribution is 2.33. The molecule has 0 spiro atoms. The molecule has 0 N–H and O–H groups in total. The van der Waals surface area contributed by atoms with E-state index < -0.39 is 0 Å². The van der Waals surface area contributed by atoms with Gasteiger partial charge in [0.25, 0.3) is 0 Å². The van der Waals surface area contributed by atoms with Crippen LogP contribution < -0.4 is 0 Å². The first-order valence-corrected chi connectivity index (χ1v) is 9.47. The molecule has 29 heavy (non-hydrogen) atoms. The van der Waals surface area contributed by atoms with E-state index in [0.29, 0.717) is 16.8 Å². The van der Waals surface area contributed by atoms with Crippen LogP contribution in [-0.2, 0) is 0 Å². The summed E-state index contributed by atoms with van der Waals surface area (Å²) in [7, 11) is 0. The molecule has 0 amide bonds. The van der Waals surface area contributed by atoms with Crippen LogP contribution in [-0.4, -0.2) is 10.8 Å². The van der Waals surface area contributed by atoms with Crippen LogP contribution in [0.4, 0.5) is 4.39 Å². The van der Waals surface area contributed by atoms with Crippen molar-refractivity contribution in [2.24, 2.45) is 0 Å². The molecule has 142 valence electrons. The largest absolute Gasteiger partial charge is 0.289 e. The van der Waals surface area contributed by atoms with Gasteiger partial charge in [-0.2, -0.15) is 0 Å². The van der Waals surface area contributed by atoms with Gasteiger partial charge in [0.1, 0.15) is 5.82 Å². The Balaban J connectivity index is 1.89. The SMILES string of the molecule is Cc1ccc(-c2c(C(=O)/C=C/c3cccc(F)c3)c(C)nc3ccccc23)cc1. The van der Waals surface area contributed by atoms with Gasteiger partial charge in [0.15, 0.2) is 5.78 Å². The standard InChI is InChI=1S/C26H20FNO/c1-17-10-13-20(14-11-17)26-22-8-3-4-9-23(22)28-18(2)25(26)24(29)15-12-19-6-5-7-21(27)16-19/h3-16H,1-2H3/b15-12+. The van der Waals surface area contributed by atoms with Gasteiger partial charge in [-0.3, -0.25) is 9.78 Å². The van der Waals surface area contributed by atoms with Gasteiger partial charge in [0, 0.05) is 16.6 Å².